The molecule has 0 amide bonds. The van der Waals surface area contributed by atoms with Crippen LogP contribution in [0.25, 0.3) is 21.3 Å². The van der Waals surface area contributed by atoms with Gasteiger partial charge in [-0.15, -0.1) is 11.3 Å². The normalized spacial score (nSPS) is 11.2. The molecule has 4 rings (SSSR count). The van der Waals surface area contributed by atoms with Gasteiger partial charge in [-0.3, -0.25) is 14.2 Å². The molecule has 0 saturated carbocycles. The summed E-state index contributed by atoms with van der Waals surface area (Å²) in [5.74, 6) is -0.0817. The Kier molecular flexibility index (Phi) is 5.16. The van der Waals surface area contributed by atoms with Gasteiger partial charge in [0.25, 0.3) is 5.56 Å². The summed E-state index contributed by atoms with van der Waals surface area (Å²) >= 11 is 1.45. The molecule has 0 unspecified atom stereocenters. The summed E-state index contributed by atoms with van der Waals surface area (Å²) in [6.07, 6.45) is 1.49. The van der Waals surface area contributed by atoms with Crippen molar-refractivity contribution >= 4 is 27.3 Å². The summed E-state index contributed by atoms with van der Waals surface area (Å²) in [7, 11) is 0. The Morgan fingerprint density at radius 1 is 0.933 bits per heavy atom. The Hall–Kier alpha value is -3.05. The summed E-state index contributed by atoms with van der Waals surface area (Å²) in [5.41, 5.74) is 7.89. The molecule has 0 radical (unpaired) electrons. The van der Waals surface area contributed by atoms with E-state index in [0.717, 1.165) is 27.8 Å². The van der Waals surface area contributed by atoms with Gasteiger partial charge >= 0.3 is 0 Å². The lowest BCUT2D eigenvalue weighted by Crippen LogP contribution is -2.25. The highest BCUT2D eigenvalue weighted by molar-refractivity contribution is 7.17. The molecule has 0 atom stereocenters. The van der Waals surface area contributed by atoms with E-state index in [1.807, 2.05) is 44.4 Å². The van der Waals surface area contributed by atoms with Crippen LogP contribution in [0, 0.1) is 34.6 Å². The monoisotopic (exact) mass is 416 g/mol. The third-order valence-corrected chi connectivity index (χ3v) is 6.72. The second-order valence-corrected chi connectivity index (χ2v) is 8.84. The molecule has 30 heavy (non-hydrogen) atoms. The molecule has 2 heterocycles. The molecule has 0 aliphatic rings. The first-order valence-corrected chi connectivity index (χ1v) is 10.8. The molecule has 152 valence electrons. The zero-order valence-electron chi connectivity index (χ0n) is 17.9. The number of benzene rings is 2. The lowest BCUT2D eigenvalue weighted by atomic mass is 9.98. The molecule has 0 N–H and O–H groups in total. The molecule has 0 saturated heterocycles. The van der Waals surface area contributed by atoms with Gasteiger partial charge in [-0.05, 0) is 74.1 Å². The van der Waals surface area contributed by atoms with Gasteiger partial charge < -0.3 is 0 Å². The van der Waals surface area contributed by atoms with Crippen molar-refractivity contribution in [2.24, 2.45) is 0 Å². The van der Waals surface area contributed by atoms with Crippen LogP contribution in [-0.2, 0) is 6.54 Å². The molecule has 0 fully saturated rings. The van der Waals surface area contributed by atoms with E-state index in [-0.39, 0.29) is 17.9 Å². The van der Waals surface area contributed by atoms with Crippen molar-refractivity contribution in [3.05, 3.63) is 85.8 Å². The fraction of sp³-hybridized carbons (Fsp3) is 0.240. The van der Waals surface area contributed by atoms with E-state index in [0.29, 0.717) is 15.8 Å². The summed E-state index contributed by atoms with van der Waals surface area (Å²) in [5, 5.41) is 2.55. The zero-order chi connectivity index (χ0) is 21.6. The van der Waals surface area contributed by atoms with E-state index < -0.39 is 0 Å². The number of carbonyl (C=O) groups is 1. The van der Waals surface area contributed by atoms with Crippen LogP contribution >= 0.6 is 11.3 Å². The number of aryl methyl sites for hydroxylation is 5. The maximum Gasteiger partial charge on any atom is 0.263 e. The second kappa shape index (κ2) is 7.65. The standard InChI is InChI=1S/C25H24N2O2S/c1-14-6-7-19(9-16(14)3)21-12-30-24-23(21)25(29)27(13-26-24)11-22(28)20-10-17(4)15(2)8-18(20)5/h6-10,12-13H,11H2,1-5H3. The van der Waals surface area contributed by atoms with E-state index in [1.165, 1.54) is 33.4 Å². The predicted octanol–water partition coefficient (Wildman–Crippen LogP) is 5.55. The Balaban J connectivity index is 1.77. The topological polar surface area (TPSA) is 52.0 Å². The number of aromatic nitrogens is 2. The molecule has 2 aromatic heterocycles. The van der Waals surface area contributed by atoms with Gasteiger partial charge in [0.1, 0.15) is 4.83 Å². The van der Waals surface area contributed by atoms with Gasteiger partial charge in [-0.1, -0.05) is 24.3 Å². The molecule has 0 spiro atoms. The molecule has 4 nitrogen and oxygen atoms in total. The van der Waals surface area contributed by atoms with E-state index in [2.05, 4.69) is 31.0 Å². The van der Waals surface area contributed by atoms with Crippen LogP contribution in [0.1, 0.15) is 38.2 Å². The minimum atomic E-state index is -0.177. The van der Waals surface area contributed by atoms with Gasteiger partial charge in [-0.2, -0.15) is 0 Å². The lowest BCUT2D eigenvalue weighted by molar-refractivity contribution is 0.0970. The lowest BCUT2D eigenvalue weighted by Gasteiger charge is -2.10. The molecular formula is C25H24N2O2S. The Morgan fingerprint density at radius 3 is 2.37 bits per heavy atom. The minimum Gasteiger partial charge on any atom is -0.292 e. The highest BCUT2D eigenvalue weighted by atomic mass is 32.1. The number of carbonyl (C=O) groups excluding carboxylic acids is 1. The average molecular weight is 417 g/mol. The minimum absolute atomic E-state index is 0.0205. The number of rotatable bonds is 4. The predicted molar refractivity (Wildman–Crippen MR) is 124 cm³/mol. The third-order valence-electron chi connectivity index (χ3n) is 5.83. The maximum atomic E-state index is 13.3. The van der Waals surface area contributed by atoms with Gasteiger partial charge in [0.2, 0.25) is 0 Å². The first-order chi connectivity index (χ1) is 14.3. The van der Waals surface area contributed by atoms with Crippen LogP contribution in [0.15, 0.2) is 46.8 Å². The van der Waals surface area contributed by atoms with Crippen molar-refractivity contribution in [2.45, 2.75) is 41.2 Å². The highest BCUT2D eigenvalue weighted by Crippen LogP contribution is 2.31. The first kappa shape index (κ1) is 20.2. The molecule has 0 aliphatic carbocycles. The van der Waals surface area contributed by atoms with Crippen molar-refractivity contribution in [3.8, 4) is 11.1 Å². The molecular weight excluding hydrogens is 392 g/mol. The average Bonchev–Trinajstić information content (AvgIpc) is 3.14. The van der Waals surface area contributed by atoms with E-state index >= 15 is 0 Å². The fourth-order valence-electron chi connectivity index (χ4n) is 3.70. The van der Waals surface area contributed by atoms with Crippen LogP contribution in [0.3, 0.4) is 0 Å². The number of hydrogen-bond acceptors (Lipinski definition) is 4. The molecule has 2 aromatic carbocycles. The summed E-state index contributed by atoms with van der Waals surface area (Å²) in [6.45, 7) is 10.1. The summed E-state index contributed by atoms with van der Waals surface area (Å²) in [6, 6.07) is 10.1. The van der Waals surface area contributed by atoms with Gasteiger partial charge in [0, 0.05) is 16.5 Å². The van der Waals surface area contributed by atoms with Crippen molar-refractivity contribution in [1.82, 2.24) is 9.55 Å². The number of Topliss-reactive ketones (excluding diaryl/α,β-unsaturated/α-hetero) is 1. The second-order valence-electron chi connectivity index (χ2n) is 7.98. The van der Waals surface area contributed by atoms with Crippen molar-refractivity contribution in [2.75, 3.05) is 0 Å². The van der Waals surface area contributed by atoms with Gasteiger partial charge in [0.15, 0.2) is 5.78 Å². The van der Waals surface area contributed by atoms with E-state index in [1.54, 1.807) is 0 Å². The van der Waals surface area contributed by atoms with Crippen molar-refractivity contribution < 1.29 is 4.79 Å². The molecule has 0 bridgehead atoms. The Bertz CT molecular complexity index is 1360. The fourth-order valence-corrected chi connectivity index (χ4v) is 4.61. The zero-order valence-corrected chi connectivity index (χ0v) is 18.7. The van der Waals surface area contributed by atoms with E-state index in [9.17, 15) is 9.59 Å². The SMILES string of the molecule is Cc1ccc(-c2csc3ncn(CC(=O)c4cc(C)c(C)cc4C)c(=O)c23)cc1C. The van der Waals surface area contributed by atoms with E-state index in [4.69, 9.17) is 0 Å². The first-order valence-electron chi connectivity index (χ1n) is 9.91. The third kappa shape index (κ3) is 3.50. The van der Waals surface area contributed by atoms with Crippen LogP contribution in [0.2, 0.25) is 0 Å². The van der Waals surface area contributed by atoms with Crippen LogP contribution in [-0.4, -0.2) is 15.3 Å². The quantitative estimate of drug-likeness (QED) is 0.410. The molecule has 0 aliphatic heterocycles. The van der Waals surface area contributed by atoms with Crippen LogP contribution < -0.4 is 5.56 Å². The summed E-state index contributed by atoms with van der Waals surface area (Å²) < 4.78 is 1.43. The molecule has 4 aromatic rings. The Morgan fingerprint density at radius 2 is 1.63 bits per heavy atom. The van der Waals surface area contributed by atoms with Crippen molar-refractivity contribution in [1.29, 1.82) is 0 Å². The number of hydrogen-bond donors (Lipinski definition) is 0. The number of thiophene rings is 1. The van der Waals surface area contributed by atoms with Crippen LogP contribution in [0.5, 0.6) is 0 Å². The molecule has 5 heteroatoms. The van der Waals surface area contributed by atoms with Gasteiger partial charge in [-0.25, -0.2) is 4.98 Å². The number of ketones is 1. The Labute approximate surface area is 179 Å². The van der Waals surface area contributed by atoms with Crippen molar-refractivity contribution in [3.63, 3.8) is 0 Å². The maximum absolute atomic E-state index is 13.3. The number of fused-ring (bicyclic) bond motifs is 1. The summed E-state index contributed by atoms with van der Waals surface area (Å²) in [4.78, 5) is 31.4. The van der Waals surface area contributed by atoms with Gasteiger partial charge in [0.05, 0.1) is 18.3 Å². The highest BCUT2D eigenvalue weighted by Gasteiger charge is 2.17. The smallest absolute Gasteiger partial charge is 0.263 e. The largest absolute Gasteiger partial charge is 0.292 e. The number of nitrogens with zero attached hydrogens (tertiary/aromatic N) is 2. The van der Waals surface area contributed by atoms with Crippen LogP contribution in [0.4, 0.5) is 0 Å².